The molecule has 1 heterocycles. The van der Waals surface area contributed by atoms with Crippen molar-refractivity contribution in [3.8, 4) is 0 Å². The molecule has 0 unspecified atom stereocenters. The molecular weight excluding hydrogens is 162 g/mol. The maximum atomic E-state index is 8.21. The van der Waals surface area contributed by atoms with Crippen molar-refractivity contribution in [3.63, 3.8) is 0 Å². The Hall–Kier alpha value is -1.23. The van der Waals surface area contributed by atoms with Crippen LogP contribution in [-0.4, -0.2) is 15.4 Å². The predicted octanol–water partition coefficient (Wildman–Crippen LogP) is 0.878. The van der Waals surface area contributed by atoms with Gasteiger partial charge in [0, 0.05) is 6.20 Å². The van der Waals surface area contributed by atoms with E-state index >= 15 is 0 Å². The summed E-state index contributed by atoms with van der Waals surface area (Å²) in [7, 11) is 0. The van der Waals surface area contributed by atoms with Gasteiger partial charge in [0.25, 0.3) is 0 Å². The first-order valence-corrected chi connectivity index (χ1v) is 3.71. The highest BCUT2D eigenvalue weighted by Crippen LogP contribution is 2.12. The minimum absolute atomic E-state index is 0.0868. The zero-order valence-electron chi connectivity index (χ0n) is 5.64. The molecule has 1 rings (SSSR count). The van der Waals surface area contributed by atoms with Gasteiger partial charge in [0.1, 0.15) is 5.03 Å². The molecule has 3 N–H and O–H groups in total. The number of thioether (sulfide) groups is 1. The minimum Gasteiger partial charge on any atom is -0.409 e. The number of amidine groups is 1. The van der Waals surface area contributed by atoms with E-state index in [4.69, 9.17) is 10.9 Å². The van der Waals surface area contributed by atoms with Gasteiger partial charge in [-0.1, -0.05) is 11.2 Å². The van der Waals surface area contributed by atoms with Gasteiger partial charge in [-0.15, -0.1) is 0 Å². The minimum atomic E-state index is 0.0868. The van der Waals surface area contributed by atoms with Crippen LogP contribution in [0.15, 0.2) is 34.6 Å². The van der Waals surface area contributed by atoms with Gasteiger partial charge in [-0.25, -0.2) is 4.98 Å². The average Bonchev–Trinajstić information content (AvgIpc) is 2.06. The fraction of sp³-hybridized carbons (Fsp3) is 0. The third-order valence-electron chi connectivity index (χ3n) is 0.945. The Morgan fingerprint density at radius 1 is 1.64 bits per heavy atom. The zero-order chi connectivity index (χ0) is 8.10. The molecule has 0 radical (unpaired) electrons. The quantitative estimate of drug-likeness (QED) is 0.215. The molecule has 11 heavy (non-hydrogen) atoms. The monoisotopic (exact) mass is 169 g/mol. The molecule has 1 aromatic rings. The first kappa shape index (κ1) is 7.87. The van der Waals surface area contributed by atoms with Crippen molar-refractivity contribution in [2.24, 2.45) is 10.9 Å². The van der Waals surface area contributed by atoms with Crippen molar-refractivity contribution in [2.75, 3.05) is 0 Å². The van der Waals surface area contributed by atoms with E-state index in [9.17, 15) is 0 Å². The summed E-state index contributed by atoms with van der Waals surface area (Å²) >= 11 is 1.11. The van der Waals surface area contributed by atoms with Crippen molar-refractivity contribution < 1.29 is 5.21 Å². The molecule has 4 nitrogen and oxygen atoms in total. The van der Waals surface area contributed by atoms with Crippen LogP contribution in [0.2, 0.25) is 0 Å². The van der Waals surface area contributed by atoms with Crippen molar-refractivity contribution >= 4 is 16.9 Å². The molecule has 0 bridgehead atoms. The van der Waals surface area contributed by atoms with Crippen molar-refractivity contribution in [1.82, 2.24) is 4.98 Å². The fourth-order valence-corrected chi connectivity index (χ4v) is 1.05. The Kier molecular flexibility index (Phi) is 2.74. The molecule has 0 aliphatic carbocycles. The highest BCUT2D eigenvalue weighted by molar-refractivity contribution is 8.13. The van der Waals surface area contributed by atoms with E-state index < -0.39 is 0 Å². The third kappa shape index (κ3) is 2.46. The first-order valence-electron chi connectivity index (χ1n) is 2.89. The highest BCUT2D eigenvalue weighted by atomic mass is 32.2. The van der Waals surface area contributed by atoms with E-state index in [0.29, 0.717) is 5.03 Å². The fourth-order valence-electron chi connectivity index (χ4n) is 0.535. The van der Waals surface area contributed by atoms with Gasteiger partial charge >= 0.3 is 0 Å². The standard InChI is InChI=1S/C6H7N3OS/c7-6(9-10)11-5-3-1-2-4-8-5/h1-4,10H,(H2,7,9). The van der Waals surface area contributed by atoms with Gasteiger partial charge in [0.05, 0.1) is 0 Å². The van der Waals surface area contributed by atoms with E-state index in [1.165, 1.54) is 0 Å². The van der Waals surface area contributed by atoms with Crippen LogP contribution in [0, 0.1) is 0 Å². The second-order valence-corrected chi connectivity index (χ2v) is 2.75. The molecule has 0 fully saturated rings. The van der Waals surface area contributed by atoms with Crippen molar-refractivity contribution in [2.45, 2.75) is 5.03 Å². The highest BCUT2D eigenvalue weighted by Gasteiger charge is 1.96. The van der Waals surface area contributed by atoms with Crippen LogP contribution in [-0.2, 0) is 0 Å². The van der Waals surface area contributed by atoms with E-state index in [0.717, 1.165) is 11.8 Å². The SMILES string of the molecule is NC(=NO)Sc1ccccn1. The Balaban J connectivity index is 2.65. The summed E-state index contributed by atoms with van der Waals surface area (Å²) in [5.74, 6) is 0. The number of oxime groups is 1. The van der Waals surface area contributed by atoms with Gasteiger partial charge in [0.15, 0.2) is 0 Å². The third-order valence-corrected chi connectivity index (χ3v) is 1.69. The van der Waals surface area contributed by atoms with Crippen LogP contribution >= 0.6 is 11.8 Å². The van der Waals surface area contributed by atoms with Crippen LogP contribution in [0.3, 0.4) is 0 Å². The number of rotatable bonds is 1. The lowest BCUT2D eigenvalue weighted by molar-refractivity contribution is 0.320. The molecule has 0 atom stereocenters. The van der Waals surface area contributed by atoms with Gasteiger partial charge in [-0.3, -0.25) is 0 Å². The number of nitrogens with zero attached hydrogens (tertiary/aromatic N) is 2. The lowest BCUT2D eigenvalue weighted by Gasteiger charge is -1.94. The maximum Gasteiger partial charge on any atom is 0.203 e. The Morgan fingerprint density at radius 2 is 2.45 bits per heavy atom. The van der Waals surface area contributed by atoms with Gasteiger partial charge in [0.2, 0.25) is 5.17 Å². The average molecular weight is 169 g/mol. The van der Waals surface area contributed by atoms with Crippen LogP contribution in [0.1, 0.15) is 0 Å². The van der Waals surface area contributed by atoms with E-state index in [-0.39, 0.29) is 5.17 Å². The van der Waals surface area contributed by atoms with Gasteiger partial charge < -0.3 is 10.9 Å². The molecule has 0 aliphatic rings. The number of pyridine rings is 1. The van der Waals surface area contributed by atoms with Crippen molar-refractivity contribution in [1.29, 1.82) is 0 Å². The van der Waals surface area contributed by atoms with E-state index in [1.54, 1.807) is 18.3 Å². The largest absolute Gasteiger partial charge is 0.409 e. The smallest absolute Gasteiger partial charge is 0.203 e. The van der Waals surface area contributed by atoms with Crippen LogP contribution < -0.4 is 5.73 Å². The van der Waals surface area contributed by atoms with Gasteiger partial charge in [-0.05, 0) is 23.9 Å². The van der Waals surface area contributed by atoms with E-state index in [2.05, 4.69) is 10.1 Å². The molecule has 0 spiro atoms. The summed E-state index contributed by atoms with van der Waals surface area (Å²) in [6.45, 7) is 0. The molecule has 5 heteroatoms. The van der Waals surface area contributed by atoms with Gasteiger partial charge in [-0.2, -0.15) is 0 Å². The summed E-state index contributed by atoms with van der Waals surface area (Å²) in [4.78, 5) is 3.96. The summed E-state index contributed by atoms with van der Waals surface area (Å²) in [5.41, 5.74) is 5.23. The zero-order valence-corrected chi connectivity index (χ0v) is 6.45. The molecule has 0 saturated carbocycles. The summed E-state index contributed by atoms with van der Waals surface area (Å²) in [5, 5.41) is 11.8. The molecular formula is C6H7N3OS. The molecule has 0 saturated heterocycles. The Labute approximate surface area is 68.1 Å². The first-order chi connectivity index (χ1) is 5.33. The molecule has 0 aromatic carbocycles. The van der Waals surface area contributed by atoms with Crippen molar-refractivity contribution in [3.05, 3.63) is 24.4 Å². The van der Waals surface area contributed by atoms with E-state index in [1.807, 2.05) is 6.07 Å². The molecule has 1 aromatic heterocycles. The predicted molar refractivity (Wildman–Crippen MR) is 43.5 cm³/mol. The van der Waals surface area contributed by atoms with Crippen LogP contribution in [0.5, 0.6) is 0 Å². The molecule has 0 amide bonds. The second-order valence-electron chi connectivity index (χ2n) is 1.71. The summed E-state index contributed by atoms with van der Waals surface area (Å²) < 4.78 is 0. The van der Waals surface area contributed by atoms with Crippen LogP contribution in [0.4, 0.5) is 0 Å². The summed E-state index contributed by atoms with van der Waals surface area (Å²) in [6, 6.07) is 5.42. The molecule has 0 aliphatic heterocycles. The number of nitrogens with two attached hydrogens (primary N) is 1. The number of hydrogen-bond acceptors (Lipinski definition) is 4. The van der Waals surface area contributed by atoms with Crippen LogP contribution in [0.25, 0.3) is 0 Å². The topological polar surface area (TPSA) is 71.5 Å². The lowest BCUT2D eigenvalue weighted by atomic mass is 10.5. The lowest BCUT2D eigenvalue weighted by Crippen LogP contribution is -2.05. The molecule has 58 valence electrons. The normalized spacial score (nSPS) is 11.5. The number of aromatic nitrogens is 1. The Bertz CT molecular complexity index is 249. The maximum absolute atomic E-state index is 8.21. The second kappa shape index (κ2) is 3.82. The Morgan fingerprint density at radius 3 is 3.00 bits per heavy atom. The summed E-state index contributed by atoms with van der Waals surface area (Å²) in [6.07, 6.45) is 1.65. The number of hydrogen-bond donors (Lipinski definition) is 2.